The lowest BCUT2D eigenvalue weighted by Gasteiger charge is -2.25. The third kappa shape index (κ3) is 3.83. The maximum Gasteiger partial charge on any atom is 0.231 e. The van der Waals surface area contributed by atoms with Crippen LogP contribution in [0.5, 0.6) is 11.5 Å². The van der Waals surface area contributed by atoms with E-state index in [4.69, 9.17) is 9.47 Å². The van der Waals surface area contributed by atoms with Gasteiger partial charge in [-0.25, -0.2) is 0 Å². The van der Waals surface area contributed by atoms with Crippen LogP contribution in [-0.4, -0.2) is 38.2 Å². The quantitative estimate of drug-likeness (QED) is 0.883. The van der Waals surface area contributed by atoms with Crippen LogP contribution in [0.2, 0.25) is 0 Å². The Kier molecular flexibility index (Phi) is 4.83. The highest BCUT2D eigenvalue weighted by atomic mass is 32.1. The number of fused-ring (bicyclic) bond motifs is 1. The molecule has 23 heavy (non-hydrogen) atoms. The van der Waals surface area contributed by atoms with E-state index in [1.54, 1.807) is 11.3 Å². The molecule has 5 nitrogen and oxygen atoms in total. The average molecular weight is 332 g/mol. The molecule has 3 rings (SSSR count). The van der Waals surface area contributed by atoms with E-state index in [1.165, 1.54) is 0 Å². The molecule has 0 bridgehead atoms. The van der Waals surface area contributed by atoms with Crippen molar-refractivity contribution in [3.05, 3.63) is 46.2 Å². The van der Waals surface area contributed by atoms with Gasteiger partial charge in [-0.3, -0.25) is 4.79 Å². The van der Waals surface area contributed by atoms with Crippen molar-refractivity contribution in [3.63, 3.8) is 0 Å². The molecule has 2 aromatic rings. The van der Waals surface area contributed by atoms with Gasteiger partial charge >= 0.3 is 0 Å². The Morgan fingerprint density at radius 2 is 2.13 bits per heavy atom. The largest absolute Gasteiger partial charge is 0.454 e. The van der Waals surface area contributed by atoms with Crippen LogP contribution in [0.3, 0.4) is 0 Å². The molecule has 0 aliphatic carbocycles. The van der Waals surface area contributed by atoms with Gasteiger partial charge < -0.3 is 19.7 Å². The van der Waals surface area contributed by atoms with Crippen molar-refractivity contribution >= 4 is 17.2 Å². The van der Waals surface area contributed by atoms with E-state index in [2.05, 4.69) is 10.2 Å². The van der Waals surface area contributed by atoms with Gasteiger partial charge in [-0.15, -0.1) is 11.3 Å². The second kappa shape index (κ2) is 7.02. The second-order valence-electron chi connectivity index (χ2n) is 5.65. The maximum absolute atomic E-state index is 12.1. The van der Waals surface area contributed by atoms with Crippen molar-refractivity contribution in [3.8, 4) is 11.5 Å². The Morgan fingerprint density at radius 3 is 2.87 bits per heavy atom. The number of amides is 1. The van der Waals surface area contributed by atoms with E-state index in [1.807, 2.05) is 49.8 Å². The van der Waals surface area contributed by atoms with E-state index in [-0.39, 0.29) is 18.7 Å². The highest BCUT2D eigenvalue weighted by molar-refractivity contribution is 7.10. The van der Waals surface area contributed by atoms with Gasteiger partial charge in [0.2, 0.25) is 12.7 Å². The molecule has 1 amide bonds. The molecular formula is C17H20N2O3S. The van der Waals surface area contributed by atoms with Crippen molar-refractivity contribution in [1.82, 2.24) is 10.2 Å². The van der Waals surface area contributed by atoms with E-state index in [0.717, 1.165) is 21.9 Å². The minimum absolute atomic E-state index is 0.0417. The number of ether oxygens (including phenoxy) is 2. The highest BCUT2D eigenvalue weighted by Gasteiger charge is 2.20. The van der Waals surface area contributed by atoms with Crippen molar-refractivity contribution in [1.29, 1.82) is 0 Å². The van der Waals surface area contributed by atoms with Crippen molar-refractivity contribution in [2.75, 3.05) is 27.4 Å². The molecule has 0 radical (unpaired) electrons. The Labute approximate surface area is 139 Å². The summed E-state index contributed by atoms with van der Waals surface area (Å²) in [5.74, 6) is 1.58. The van der Waals surface area contributed by atoms with Crippen LogP contribution in [0.15, 0.2) is 35.7 Å². The summed E-state index contributed by atoms with van der Waals surface area (Å²) >= 11 is 1.60. The molecule has 1 aliphatic heterocycles. The van der Waals surface area contributed by atoms with Crippen LogP contribution >= 0.6 is 11.3 Å². The van der Waals surface area contributed by atoms with Gasteiger partial charge in [0.1, 0.15) is 0 Å². The molecule has 0 saturated carbocycles. The van der Waals surface area contributed by atoms with E-state index >= 15 is 0 Å². The zero-order valence-electron chi connectivity index (χ0n) is 13.2. The number of likely N-dealkylation sites (N-methyl/N-ethyl adjacent to an activating group) is 1. The molecule has 0 fully saturated rings. The first kappa shape index (κ1) is 15.8. The van der Waals surface area contributed by atoms with Crippen molar-refractivity contribution in [2.24, 2.45) is 0 Å². The van der Waals surface area contributed by atoms with E-state index in [9.17, 15) is 4.79 Å². The average Bonchev–Trinajstić information content (AvgIpc) is 3.17. The zero-order chi connectivity index (χ0) is 16.2. The summed E-state index contributed by atoms with van der Waals surface area (Å²) in [5.41, 5.74) is 1.09. The van der Waals surface area contributed by atoms with Gasteiger partial charge in [0.25, 0.3) is 0 Å². The first-order chi connectivity index (χ1) is 11.1. The number of nitrogens with one attached hydrogen (secondary N) is 1. The second-order valence-corrected chi connectivity index (χ2v) is 6.68. The summed E-state index contributed by atoms with van der Waals surface area (Å²) in [4.78, 5) is 15.3. The Bertz CT molecular complexity index is 670. The molecule has 0 saturated heterocycles. The fraction of sp³-hybridized carbons (Fsp3) is 0.353. The minimum atomic E-state index is 0.0417. The van der Waals surface area contributed by atoms with Crippen LogP contribution in [0.1, 0.15) is 16.5 Å². The zero-order valence-corrected chi connectivity index (χ0v) is 14.1. The third-order valence-corrected chi connectivity index (χ3v) is 4.69. The summed E-state index contributed by atoms with van der Waals surface area (Å²) in [6, 6.07) is 9.94. The molecule has 1 aromatic heterocycles. The Hall–Kier alpha value is -2.05. The summed E-state index contributed by atoms with van der Waals surface area (Å²) in [6.07, 6.45) is 0.430. The first-order valence-electron chi connectivity index (χ1n) is 7.48. The maximum atomic E-state index is 12.1. The monoisotopic (exact) mass is 332 g/mol. The smallest absolute Gasteiger partial charge is 0.231 e. The minimum Gasteiger partial charge on any atom is -0.454 e. The van der Waals surface area contributed by atoms with Crippen LogP contribution in [-0.2, 0) is 11.2 Å². The predicted molar refractivity (Wildman–Crippen MR) is 90.0 cm³/mol. The molecule has 1 aromatic carbocycles. The Morgan fingerprint density at radius 1 is 1.30 bits per heavy atom. The van der Waals surface area contributed by atoms with Crippen LogP contribution < -0.4 is 14.8 Å². The van der Waals surface area contributed by atoms with Gasteiger partial charge in [-0.2, -0.15) is 0 Å². The molecule has 1 N–H and O–H groups in total. The number of nitrogens with zero attached hydrogens (tertiary/aromatic N) is 1. The van der Waals surface area contributed by atoms with Gasteiger partial charge in [0, 0.05) is 11.4 Å². The fourth-order valence-electron chi connectivity index (χ4n) is 2.56. The van der Waals surface area contributed by atoms with Crippen LogP contribution in [0.4, 0.5) is 0 Å². The third-order valence-electron chi connectivity index (χ3n) is 3.81. The molecule has 1 unspecified atom stereocenters. The number of thiophene rings is 1. The molecule has 1 atom stereocenters. The predicted octanol–water partition coefficient (Wildman–Crippen LogP) is 2.44. The fourth-order valence-corrected chi connectivity index (χ4v) is 3.27. The Balaban J connectivity index is 1.64. The molecular weight excluding hydrogens is 312 g/mol. The molecule has 6 heteroatoms. The van der Waals surface area contributed by atoms with Crippen LogP contribution in [0, 0.1) is 0 Å². The summed E-state index contributed by atoms with van der Waals surface area (Å²) in [5, 5.41) is 5.01. The lowest BCUT2D eigenvalue weighted by molar-refractivity contribution is -0.120. The highest BCUT2D eigenvalue weighted by Crippen LogP contribution is 2.34. The van der Waals surface area contributed by atoms with Crippen molar-refractivity contribution < 1.29 is 14.3 Å². The summed E-state index contributed by atoms with van der Waals surface area (Å²) in [7, 11) is 4.00. The molecule has 1 aliphatic rings. The first-order valence-corrected chi connectivity index (χ1v) is 8.36. The number of rotatable bonds is 6. The van der Waals surface area contributed by atoms with Gasteiger partial charge in [0.15, 0.2) is 11.5 Å². The normalized spacial score (nSPS) is 14.0. The number of hydrogen-bond acceptors (Lipinski definition) is 5. The molecule has 2 heterocycles. The molecule has 0 spiro atoms. The van der Waals surface area contributed by atoms with Gasteiger partial charge in [-0.1, -0.05) is 12.1 Å². The van der Waals surface area contributed by atoms with Gasteiger partial charge in [0.05, 0.1) is 12.5 Å². The van der Waals surface area contributed by atoms with Gasteiger partial charge in [-0.05, 0) is 43.2 Å². The van der Waals surface area contributed by atoms with E-state index in [0.29, 0.717) is 13.0 Å². The number of carbonyl (C=O) groups is 1. The number of benzene rings is 1. The lowest BCUT2D eigenvalue weighted by Crippen LogP contribution is -2.35. The summed E-state index contributed by atoms with van der Waals surface area (Å²) in [6.45, 7) is 0.819. The van der Waals surface area contributed by atoms with Crippen LogP contribution in [0.25, 0.3) is 0 Å². The standard InChI is InChI=1S/C17H20N2O3S/c1-19(2)14(10-18-17(20)9-13-4-3-7-23-13)12-5-6-15-16(8-12)22-11-21-15/h3-8,14H,9-11H2,1-2H3,(H,18,20). The number of carbonyl (C=O) groups excluding carboxylic acids is 1. The topological polar surface area (TPSA) is 50.8 Å². The lowest BCUT2D eigenvalue weighted by atomic mass is 10.1. The van der Waals surface area contributed by atoms with E-state index < -0.39 is 0 Å². The SMILES string of the molecule is CN(C)C(CNC(=O)Cc1cccs1)c1ccc2c(c1)OCO2. The summed E-state index contributed by atoms with van der Waals surface area (Å²) < 4.78 is 10.8. The molecule has 122 valence electrons. The number of hydrogen-bond donors (Lipinski definition) is 1. The van der Waals surface area contributed by atoms with Crippen molar-refractivity contribution in [2.45, 2.75) is 12.5 Å².